The van der Waals surface area contributed by atoms with Crippen molar-refractivity contribution in [3.05, 3.63) is 23.8 Å². The number of hydrogen-bond acceptors (Lipinski definition) is 5. The Balaban J connectivity index is 2.57. The van der Waals surface area contributed by atoms with Crippen molar-refractivity contribution in [2.75, 3.05) is 20.3 Å². The van der Waals surface area contributed by atoms with Gasteiger partial charge in [0.15, 0.2) is 18.1 Å². The van der Waals surface area contributed by atoms with Crippen LogP contribution in [0.25, 0.3) is 0 Å². The van der Waals surface area contributed by atoms with E-state index in [0.29, 0.717) is 24.5 Å². The highest BCUT2D eigenvalue weighted by Crippen LogP contribution is 2.28. The second kappa shape index (κ2) is 8.04. The van der Waals surface area contributed by atoms with E-state index in [9.17, 15) is 9.59 Å². The summed E-state index contributed by atoms with van der Waals surface area (Å²) >= 11 is 0. The third-order valence-corrected chi connectivity index (χ3v) is 2.49. The van der Waals surface area contributed by atoms with Crippen LogP contribution in [0.15, 0.2) is 18.2 Å². The summed E-state index contributed by atoms with van der Waals surface area (Å²) in [6.45, 7) is 1.33. The number of esters is 1. The standard InChI is InChI=1S/C14H18O6/c1-10(15)19-7-3-4-11-5-6-12(13(8-11)18-2)20-9-14(16)17/h5-6,8H,3-4,7,9H2,1-2H3,(H,16,17). The van der Waals surface area contributed by atoms with Crippen LogP contribution in [0.2, 0.25) is 0 Å². The van der Waals surface area contributed by atoms with E-state index in [0.717, 1.165) is 12.0 Å². The number of carbonyl (C=O) groups excluding carboxylic acids is 1. The lowest BCUT2D eigenvalue weighted by atomic mass is 10.1. The first-order valence-electron chi connectivity index (χ1n) is 6.17. The van der Waals surface area contributed by atoms with Crippen molar-refractivity contribution < 1.29 is 28.9 Å². The topological polar surface area (TPSA) is 82.1 Å². The van der Waals surface area contributed by atoms with Gasteiger partial charge in [-0.25, -0.2) is 4.79 Å². The van der Waals surface area contributed by atoms with Crippen LogP contribution in [0.4, 0.5) is 0 Å². The fourth-order valence-electron chi connectivity index (χ4n) is 1.62. The summed E-state index contributed by atoms with van der Waals surface area (Å²) in [5, 5.41) is 8.57. The molecule has 1 N–H and O–H groups in total. The molecule has 0 saturated heterocycles. The van der Waals surface area contributed by atoms with Gasteiger partial charge in [0.1, 0.15) is 0 Å². The highest BCUT2D eigenvalue weighted by atomic mass is 16.5. The molecule has 0 aliphatic rings. The van der Waals surface area contributed by atoms with E-state index in [1.54, 1.807) is 12.1 Å². The average Bonchev–Trinajstić information content (AvgIpc) is 2.41. The fourth-order valence-corrected chi connectivity index (χ4v) is 1.62. The first-order valence-corrected chi connectivity index (χ1v) is 6.17. The Kier molecular flexibility index (Phi) is 6.36. The molecule has 0 fully saturated rings. The van der Waals surface area contributed by atoms with Gasteiger partial charge in [0.25, 0.3) is 0 Å². The predicted octanol–water partition coefficient (Wildman–Crippen LogP) is 1.65. The normalized spacial score (nSPS) is 9.90. The summed E-state index contributed by atoms with van der Waals surface area (Å²) in [7, 11) is 1.49. The number of aliphatic carboxylic acids is 1. The van der Waals surface area contributed by atoms with Crippen molar-refractivity contribution in [1.82, 2.24) is 0 Å². The Morgan fingerprint density at radius 3 is 2.60 bits per heavy atom. The number of rotatable bonds is 8. The number of ether oxygens (including phenoxy) is 3. The van der Waals surface area contributed by atoms with Crippen LogP contribution < -0.4 is 9.47 Å². The van der Waals surface area contributed by atoms with E-state index >= 15 is 0 Å². The number of aryl methyl sites for hydroxylation is 1. The molecule has 6 nitrogen and oxygen atoms in total. The van der Waals surface area contributed by atoms with Gasteiger partial charge >= 0.3 is 11.9 Å². The summed E-state index contributed by atoms with van der Waals surface area (Å²) < 4.78 is 15.1. The Morgan fingerprint density at radius 1 is 1.25 bits per heavy atom. The van der Waals surface area contributed by atoms with E-state index in [4.69, 9.17) is 19.3 Å². The monoisotopic (exact) mass is 282 g/mol. The minimum Gasteiger partial charge on any atom is -0.493 e. The second-order valence-electron chi connectivity index (χ2n) is 4.11. The molecular formula is C14H18O6. The molecule has 0 atom stereocenters. The van der Waals surface area contributed by atoms with Crippen molar-refractivity contribution >= 4 is 11.9 Å². The zero-order valence-electron chi connectivity index (χ0n) is 11.5. The van der Waals surface area contributed by atoms with Crippen molar-refractivity contribution in [1.29, 1.82) is 0 Å². The van der Waals surface area contributed by atoms with Crippen LogP contribution in [0.5, 0.6) is 11.5 Å². The van der Waals surface area contributed by atoms with E-state index in [1.165, 1.54) is 14.0 Å². The van der Waals surface area contributed by atoms with Crippen LogP contribution in [-0.2, 0) is 20.7 Å². The molecule has 0 heterocycles. The van der Waals surface area contributed by atoms with Gasteiger partial charge in [-0.1, -0.05) is 6.07 Å². The number of benzene rings is 1. The summed E-state index contributed by atoms with van der Waals surface area (Å²) in [5.41, 5.74) is 0.997. The van der Waals surface area contributed by atoms with Crippen molar-refractivity contribution in [3.8, 4) is 11.5 Å². The highest BCUT2D eigenvalue weighted by Gasteiger charge is 2.08. The van der Waals surface area contributed by atoms with Gasteiger partial charge in [0, 0.05) is 6.92 Å². The molecule has 0 amide bonds. The third-order valence-electron chi connectivity index (χ3n) is 2.49. The zero-order chi connectivity index (χ0) is 15.0. The number of methoxy groups -OCH3 is 1. The number of carboxylic acid groups (broad SMARTS) is 1. The molecule has 0 aliphatic carbocycles. The Hall–Kier alpha value is -2.24. The van der Waals surface area contributed by atoms with E-state index in [1.807, 2.05) is 6.07 Å². The molecule has 1 aromatic carbocycles. The molecule has 1 aromatic rings. The Morgan fingerprint density at radius 2 is 2.00 bits per heavy atom. The van der Waals surface area contributed by atoms with Crippen molar-refractivity contribution in [3.63, 3.8) is 0 Å². The summed E-state index contributed by atoms with van der Waals surface area (Å²) in [6.07, 6.45) is 1.43. The van der Waals surface area contributed by atoms with E-state index < -0.39 is 12.6 Å². The van der Waals surface area contributed by atoms with Crippen LogP contribution in [0, 0.1) is 0 Å². The van der Waals surface area contributed by atoms with E-state index in [-0.39, 0.29) is 5.97 Å². The summed E-state index contributed by atoms with van der Waals surface area (Å²) in [4.78, 5) is 21.1. The second-order valence-corrected chi connectivity index (χ2v) is 4.11. The smallest absolute Gasteiger partial charge is 0.341 e. The molecule has 20 heavy (non-hydrogen) atoms. The maximum absolute atomic E-state index is 10.6. The minimum atomic E-state index is -1.04. The number of hydrogen-bond donors (Lipinski definition) is 1. The van der Waals surface area contributed by atoms with Gasteiger partial charge in [-0.15, -0.1) is 0 Å². The lowest BCUT2D eigenvalue weighted by Gasteiger charge is -2.11. The molecule has 0 unspecified atom stereocenters. The van der Waals surface area contributed by atoms with Gasteiger partial charge in [-0.3, -0.25) is 4.79 Å². The minimum absolute atomic E-state index is 0.292. The molecular weight excluding hydrogens is 264 g/mol. The first-order chi connectivity index (χ1) is 9.52. The Labute approximate surface area is 117 Å². The van der Waals surface area contributed by atoms with Crippen LogP contribution in [0.1, 0.15) is 18.9 Å². The van der Waals surface area contributed by atoms with Gasteiger partial charge in [0.2, 0.25) is 0 Å². The number of carbonyl (C=O) groups is 2. The maximum Gasteiger partial charge on any atom is 0.341 e. The lowest BCUT2D eigenvalue weighted by Crippen LogP contribution is -2.10. The quantitative estimate of drug-likeness (QED) is 0.576. The predicted molar refractivity (Wildman–Crippen MR) is 71.1 cm³/mol. The molecule has 1 rings (SSSR count). The van der Waals surface area contributed by atoms with Gasteiger partial charge in [0.05, 0.1) is 13.7 Å². The molecule has 0 bridgehead atoms. The number of carboxylic acids is 1. The van der Waals surface area contributed by atoms with Gasteiger partial charge in [-0.2, -0.15) is 0 Å². The molecule has 0 spiro atoms. The Bertz CT molecular complexity index is 469. The van der Waals surface area contributed by atoms with Crippen molar-refractivity contribution in [2.24, 2.45) is 0 Å². The van der Waals surface area contributed by atoms with Crippen LogP contribution in [-0.4, -0.2) is 37.4 Å². The molecule has 0 aromatic heterocycles. The molecule has 0 aliphatic heterocycles. The summed E-state index contributed by atoms with van der Waals surface area (Å²) in [6, 6.07) is 5.28. The third kappa shape index (κ3) is 5.60. The van der Waals surface area contributed by atoms with Gasteiger partial charge in [-0.05, 0) is 30.5 Å². The average molecular weight is 282 g/mol. The molecule has 0 saturated carbocycles. The summed E-state index contributed by atoms with van der Waals surface area (Å²) in [5.74, 6) is -0.465. The first kappa shape index (κ1) is 15.8. The zero-order valence-corrected chi connectivity index (χ0v) is 11.5. The maximum atomic E-state index is 10.6. The molecule has 110 valence electrons. The van der Waals surface area contributed by atoms with Crippen molar-refractivity contribution in [2.45, 2.75) is 19.8 Å². The van der Waals surface area contributed by atoms with Crippen LogP contribution in [0.3, 0.4) is 0 Å². The molecule has 0 radical (unpaired) electrons. The van der Waals surface area contributed by atoms with Crippen LogP contribution >= 0.6 is 0 Å². The lowest BCUT2D eigenvalue weighted by molar-refractivity contribution is -0.141. The van der Waals surface area contributed by atoms with Gasteiger partial charge < -0.3 is 19.3 Å². The SMILES string of the molecule is COc1cc(CCCOC(C)=O)ccc1OCC(=O)O. The molecule has 6 heteroatoms. The highest BCUT2D eigenvalue weighted by molar-refractivity contribution is 5.68. The fraction of sp³-hybridized carbons (Fsp3) is 0.429. The van der Waals surface area contributed by atoms with E-state index in [2.05, 4.69) is 0 Å². The largest absolute Gasteiger partial charge is 0.493 e.